The van der Waals surface area contributed by atoms with Gasteiger partial charge in [0.25, 0.3) is 0 Å². The quantitative estimate of drug-likeness (QED) is 0.777. The van der Waals surface area contributed by atoms with Crippen molar-refractivity contribution in [3.8, 4) is 0 Å². The molecule has 146 valence electrons. The minimum Gasteiger partial charge on any atom is -0.338 e. The van der Waals surface area contributed by atoms with Crippen molar-refractivity contribution in [2.45, 2.75) is 58.0 Å². The summed E-state index contributed by atoms with van der Waals surface area (Å²) in [6, 6.07) is 11.1. The number of aromatic nitrogens is 2. The Labute approximate surface area is 162 Å². The zero-order chi connectivity index (χ0) is 18.5. The van der Waals surface area contributed by atoms with Gasteiger partial charge in [0.05, 0.1) is 6.54 Å². The Morgan fingerprint density at radius 2 is 1.96 bits per heavy atom. The van der Waals surface area contributed by atoms with E-state index in [2.05, 4.69) is 39.0 Å². The molecule has 0 unspecified atom stereocenters. The smallest absolute Gasteiger partial charge is 0.240 e. The second-order valence-electron chi connectivity index (χ2n) is 8.35. The molecule has 0 saturated carbocycles. The molecule has 5 heteroatoms. The fourth-order valence-corrected chi connectivity index (χ4v) is 4.60. The summed E-state index contributed by atoms with van der Waals surface area (Å²) >= 11 is 0. The summed E-state index contributed by atoms with van der Waals surface area (Å²) in [5.41, 5.74) is 1.22. The number of benzene rings is 1. The normalized spacial score (nSPS) is 24.9. The van der Waals surface area contributed by atoms with Crippen LogP contribution in [0.2, 0.25) is 0 Å². The Hall–Kier alpha value is -1.72. The molecule has 5 nitrogen and oxygen atoms in total. The predicted molar refractivity (Wildman–Crippen MR) is 106 cm³/mol. The molecule has 0 amide bonds. The molecule has 1 aromatic carbocycles. The molecular formula is C22H32N4O. The maximum Gasteiger partial charge on any atom is 0.240 e. The average Bonchev–Trinajstić information content (AvgIpc) is 3.11. The first kappa shape index (κ1) is 18.6. The minimum absolute atomic E-state index is 0.736. The third kappa shape index (κ3) is 5.17. The van der Waals surface area contributed by atoms with Crippen molar-refractivity contribution in [3.05, 3.63) is 47.6 Å². The number of hydrogen-bond acceptors (Lipinski definition) is 5. The first-order valence-corrected chi connectivity index (χ1v) is 10.6. The van der Waals surface area contributed by atoms with Gasteiger partial charge in [-0.15, -0.1) is 0 Å². The molecule has 3 heterocycles. The van der Waals surface area contributed by atoms with Crippen molar-refractivity contribution in [2.24, 2.45) is 5.92 Å². The van der Waals surface area contributed by atoms with Crippen LogP contribution < -0.4 is 0 Å². The van der Waals surface area contributed by atoms with E-state index in [1.165, 1.54) is 50.8 Å². The van der Waals surface area contributed by atoms with E-state index < -0.39 is 0 Å². The maximum absolute atomic E-state index is 5.53. The van der Waals surface area contributed by atoms with Crippen molar-refractivity contribution in [3.63, 3.8) is 0 Å². The van der Waals surface area contributed by atoms with Gasteiger partial charge in [-0.05, 0) is 57.2 Å². The van der Waals surface area contributed by atoms with Gasteiger partial charge in [0.15, 0.2) is 5.82 Å². The number of rotatable bonds is 6. The van der Waals surface area contributed by atoms with E-state index in [1.807, 2.05) is 18.2 Å². The van der Waals surface area contributed by atoms with Gasteiger partial charge >= 0.3 is 0 Å². The number of nitrogens with zero attached hydrogens (tertiary/aromatic N) is 4. The Morgan fingerprint density at radius 1 is 1.07 bits per heavy atom. The van der Waals surface area contributed by atoms with E-state index in [0.717, 1.165) is 49.7 Å². The van der Waals surface area contributed by atoms with Crippen molar-refractivity contribution in [1.29, 1.82) is 0 Å². The van der Waals surface area contributed by atoms with Gasteiger partial charge in [0, 0.05) is 25.6 Å². The van der Waals surface area contributed by atoms with Crippen LogP contribution in [0.15, 0.2) is 34.9 Å². The van der Waals surface area contributed by atoms with Gasteiger partial charge in [0.2, 0.25) is 5.89 Å². The topological polar surface area (TPSA) is 45.4 Å². The number of likely N-dealkylation sites (tertiary alicyclic amines) is 2. The summed E-state index contributed by atoms with van der Waals surface area (Å²) in [6.45, 7) is 8.01. The second-order valence-corrected chi connectivity index (χ2v) is 8.35. The zero-order valence-corrected chi connectivity index (χ0v) is 16.5. The number of piperidine rings is 2. The van der Waals surface area contributed by atoms with Crippen LogP contribution in [0.4, 0.5) is 0 Å². The summed E-state index contributed by atoms with van der Waals surface area (Å²) < 4.78 is 5.53. The van der Waals surface area contributed by atoms with Crippen LogP contribution in [0.5, 0.6) is 0 Å². The van der Waals surface area contributed by atoms with Gasteiger partial charge in [0.1, 0.15) is 0 Å². The van der Waals surface area contributed by atoms with Crippen LogP contribution in [0.3, 0.4) is 0 Å². The molecule has 2 atom stereocenters. The lowest BCUT2D eigenvalue weighted by molar-refractivity contribution is 0.0865. The highest BCUT2D eigenvalue weighted by atomic mass is 16.5. The molecule has 0 aliphatic carbocycles. The molecule has 2 aromatic rings. The number of hydrogen-bond donors (Lipinski definition) is 0. The van der Waals surface area contributed by atoms with Crippen molar-refractivity contribution >= 4 is 0 Å². The molecule has 27 heavy (non-hydrogen) atoms. The molecule has 2 aliphatic heterocycles. The highest BCUT2D eigenvalue weighted by Crippen LogP contribution is 2.23. The van der Waals surface area contributed by atoms with E-state index in [-0.39, 0.29) is 0 Å². The van der Waals surface area contributed by atoms with Crippen LogP contribution in [0, 0.1) is 5.92 Å². The monoisotopic (exact) mass is 368 g/mol. The maximum atomic E-state index is 5.53. The molecule has 0 N–H and O–H groups in total. The molecular weight excluding hydrogens is 336 g/mol. The third-order valence-electron chi connectivity index (χ3n) is 6.11. The molecule has 2 aliphatic rings. The molecule has 2 saturated heterocycles. The molecule has 0 bridgehead atoms. The Kier molecular flexibility index (Phi) is 6.20. The van der Waals surface area contributed by atoms with E-state index >= 15 is 0 Å². The Bertz CT molecular complexity index is 701. The highest BCUT2D eigenvalue weighted by molar-refractivity contribution is 5.18. The summed E-state index contributed by atoms with van der Waals surface area (Å²) in [4.78, 5) is 9.84. The average molecular weight is 369 g/mol. The van der Waals surface area contributed by atoms with Crippen LogP contribution in [-0.2, 0) is 13.0 Å². The lowest BCUT2D eigenvalue weighted by atomic mass is 9.95. The lowest BCUT2D eigenvalue weighted by Crippen LogP contribution is -2.45. The van der Waals surface area contributed by atoms with Crippen molar-refractivity contribution in [2.75, 3.05) is 26.2 Å². The lowest BCUT2D eigenvalue weighted by Gasteiger charge is -2.39. The largest absolute Gasteiger partial charge is 0.338 e. The van der Waals surface area contributed by atoms with Gasteiger partial charge in [-0.1, -0.05) is 41.9 Å². The summed E-state index contributed by atoms with van der Waals surface area (Å²) in [7, 11) is 0. The van der Waals surface area contributed by atoms with Crippen LogP contribution in [-0.4, -0.2) is 52.2 Å². The fraction of sp³-hybridized carbons (Fsp3) is 0.636. The molecule has 1 aromatic heterocycles. The second kappa shape index (κ2) is 8.98. The highest BCUT2D eigenvalue weighted by Gasteiger charge is 2.26. The molecule has 2 fully saturated rings. The predicted octanol–water partition coefficient (Wildman–Crippen LogP) is 3.75. The first-order valence-electron chi connectivity index (χ1n) is 10.6. The minimum atomic E-state index is 0.736. The SMILES string of the molecule is C[C@@H]1CCCCN1C[C@H]1CCCN(Cc2nc(Cc3ccccc3)no2)C1. The van der Waals surface area contributed by atoms with Crippen LogP contribution >= 0.6 is 0 Å². The van der Waals surface area contributed by atoms with Crippen molar-refractivity contribution < 1.29 is 4.52 Å². The van der Waals surface area contributed by atoms with Gasteiger partial charge in [-0.25, -0.2) is 0 Å². The van der Waals surface area contributed by atoms with Gasteiger partial charge < -0.3 is 9.42 Å². The van der Waals surface area contributed by atoms with E-state index in [0.29, 0.717) is 0 Å². The first-order chi connectivity index (χ1) is 13.3. The molecule has 0 radical (unpaired) electrons. The summed E-state index contributed by atoms with van der Waals surface area (Å²) in [6.07, 6.45) is 7.49. The Balaban J connectivity index is 1.29. The standard InChI is InChI=1S/C22H32N4O/c1-18-8-5-6-13-26(18)16-20-11-7-12-25(15-20)17-22-23-21(24-27-22)14-19-9-3-2-4-10-19/h2-4,9-10,18,20H,5-8,11-17H2,1H3/t18-,20+/m1/s1. The van der Waals surface area contributed by atoms with E-state index in [9.17, 15) is 0 Å². The van der Waals surface area contributed by atoms with Gasteiger partial charge in [-0.3, -0.25) is 4.90 Å². The van der Waals surface area contributed by atoms with Crippen molar-refractivity contribution in [1.82, 2.24) is 19.9 Å². The molecule has 0 spiro atoms. The van der Waals surface area contributed by atoms with Crippen LogP contribution in [0.25, 0.3) is 0 Å². The summed E-state index contributed by atoms with van der Waals surface area (Å²) in [5, 5.41) is 4.18. The van der Waals surface area contributed by atoms with Crippen LogP contribution in [0.1, 0.15) is 56.3 Å². The van der Waals surface area contributed by atoms with Gasteiger partial charge in [-0.2, -0.15) is 4.98 Å². The fourth-order valence-electron chi connectivity index (χ4n) is 4.60. The summed E-state index contributed by atoms with van der Waals surface area (Å²) in [5.74, 6) is 2.31. The van der Waals surface area contributed by atoms with E-state index in [1.54, 1.807) is 0 Å². The zero-order valence-electron chi connectivity index (χ0n) is 16.5. The Morgan fingerprint density at radius 3 is 2.81 bits per heavy atom. The third-order valence-corrected chi connectivity index (χ3v) is 6.11. The van der Waals surface area contributed by atoms with E-state index in [4.69, 9.17) is 4.52 Å². The molecule has 4 rings (SSSR count).